The smallest absolute Gasteiger partial charge is 0.243 e. The molecule has 0 aromatic heterocycles. The summed E-state index contributed by atoms with van der Waals surface area (Å²) >= 11 is 0. The summed E-state index contributed by atoms with van der Waals surface area (Å²) in [5.74, 6) is -0.831. The number of benzene rings is 1. The van der Waals surface area contributed by atoms with E-state index in [-0.39, 0.29) is 18.7 Å². The Hall–Kier alpha value is -1.88. The van der Waals surface area contributed by atoms with Gasteiger partial charge >= 0.3 is 0 Å². The zero-order valence-corrected chi connectivity index (χ0v) is 8.06. The number of carbonyl (C=O) groups is 2. The van der Waals surface area contributed by atoms with Crippen molar-refractivity contribution in [2.75, 3.05) is 5.32 Å². The summed E-state index contributed by atoms with van der Waals surface area (Å²) < 4.78 is 0. The lowest BCUT2D eigenvalue weighted by Crippen LogP contribution is -2.21. The molecule has 0 aliphatic heterocycles. The molecule has 0 atom stereocenters. The Morgan fingerprint density at radius 3 is 2.27 bits per heavy atom. The lowest BCUT2D eigenvalue weighted by atomic mass is 10.2. The Morgan fingerprint density at radius 2 is 1.67 bits per heavy atom. The number of carbonyl (C=O) groups excluding carboxylic acids is 2. The van der Waals surface area contributed by atoms with Gasteiger partial charge in [-0.15, -0.1) is 0 Å². The quantitative estimate of drug-likeness (QED) is 0.508. The molecule has 2 amide bonds. The molecule has 0 saturated heterocycles. The van der Waals surface area contributed by atoms with Crippen molar-refractivity contribution in [3.8, 4) is 0 Å². The van der Waals surface area contributed by atoms with Gasteiger partial charge in [0.15, 0.2) is 0 Å². The molecule has 0 fully saturated rings. The Labute approximate surface area is 87.1 Å². The first-order valence-electron chi connectivity index (χ1n) is 4.50. The predicted molar refractivity (Wildman–Crippen MR) is 54.2 cm³/mol. The van der Waals surface area contributed by atoms with E-state index >= 15 is 0 Å². The molecule has 0 radical (unpaired) electrons. The number of anilines is 1. The van der Waals surface area contributed by atoms with E-state index in [1.54, 1.807) is 24.3 Å². The van der Waals surface area contributed by atoms with E-state index in [0.29, 0.717) is 5.69 Å². The van der Waals surface area contributed by atoms with Crippen molar-refractivity contribution >= 4 is 17.5 Å². The molecule has 0 unspecified atom stereocenters. The number of para-hydroxylation sites is 1. The van der Waals surface area contributed by atoms with Gasteiger partial charge in [0.1, 0.15) is 0 Å². The molecule has 5 heteroatoms. The summed E-state index contributed by atoms with van der Waals surface area (Å²) in [5, 5.41) is 10.8. The molecular weight excluding hydrogens is 196 g/mol. The number of rotatable bonds is 4. The topological polar surface area (TPSA) is 78.4 Å². The van der Waals surface area contributed by atoms with Gasteiger partial charge in [-0.2, -0.15) is 0 Å². The largest absolute Gasteiger partial charge is 0.326 e. The molecule has 1 aromatic carbocycles. The fourth-order valence-corrected chi connectivity index (χ4v) is 1.03. The molecule has 1 aromatic rings. The maximum absolute atomic E-state index is 11.3. The van der Waals surface area contributed by atoms with Gasteiger partial charge < -0.3 is 5.32 Å². The van der Waals surface area contributed by atoms with Crippen LogP contribution in [-0.4, -0.2) is 17.0 Å². The highest BCUT2D eigenvalue weighted by Gasteiger charge is 2.05. The van der Waals surface area contributed by atoms with Crippen LogP contribution >= 0.6 is 0 Å². The van der Waals surface area contributed by atoms with Gasteiger partial charge in [0.25, 0.3) is 0 Å². The van der Waals surface area contributed by atoms with Crippen LogP contribution in [0.2, 0.25) is 0 Å². The van der Waals surface area contributed by atoms with E-state index in [9.17, 15) is 9.59 Å². The molecule has 3 N–H and O–H groups in total. The van der Waals surface area contributed by atoms with Gasteiger partial charge in [-0.1, -0.05) is 18.2 Å². The van der Waals surface area contributed by atoms with Gasteiger partial charge in [0.05, 0.1) is 0 Å². The monoisotopic (exact) mass is 208 g/mol. The lowest BCUT2D eigenvalue weighted by molar-refractivity contribution is -0.131. The minimum atomic E-state index is -0.571. The van der Waals surface area contributed by atoms with E-state index < -0.39 is 5.91 Å². The average molecular weight is 208 g/mol. The standard InChI is InChI=1S/C10H12N2O3/c13-9(6-7-10(14)12-15)11-8-4-2-1-3-5-8/h1-5,15H,6-7H2,(H,11,13)(H,12,14). The van der Waals surface area contributed by atoms with Crippen LogP contribution < -0.4 is 10.8 Å². The maximum atomic E-state index is 11.3. The third-order valence-corrected chi connectivity index (χ3v) is 1.76. The Balaban J connectivity index is 2.34. The van der Waals surface area contributed by atoms with Crippen molar-refractivity contribution in [2.45, 2.75) is 12.8 Å². The molecule has 15 heavy (non-hydrogen) atoms. The second-order valence-corrected chi connectivity index (χ2v) is 2.95. The lowest BCUT2D eigenvalue weighted by Gasteiger charge is -2.03. The second kappa shape index (κ2) is 5.77. The van der Waals surface area contributed by atoms with Crippen LogP contribution in [0.3, 0.4) is 0 Å². The van der Waals surface area contributed by atoms with Gasteiger partial charge in [-0.3, -0.25) is 14.8 Å². The highest BCUT2D eigenvalue weighted by atomic mass is 16.5. The van der Waals surface area contributed by atoms with Crippen molar-refractivity contribution in [3.05, 3.63) is 30.3 Å². The summed E-state index contributed by atoms with van der Waals surface area (Å²) in [6.07, 6.45) is 0.0104. The minimum absolute atomic E-state index is 0.0326. The van der Waals surface area contributed by atoms with Crippen molar-refractivity contribution < 1.29 is 14.8 Å². The molecular formula is C10H12N2O3. The number of nitrogens with one attached hydrogen (secondary N) is 2. The van der Waals surface area contributed by atoms with Crippen LogP contribution in [0.15, 0.2) is 30.3 Å². The number of amides is 2. The molecule has 80 valence electrons. The van der Waals surface area contributed by atoms with Crippen molar-refractivity contribution in [1.82, 2.24) is 5.48 Å². The molecule has 1 rings (SSSR count). The maximum Gasteiger partial charge on any atom is 0.243 e. The summed E-state index contributed by atoms with van der Waals surface area (Å²) in [5.41, 5.74) is 2.15. The fraction of sp³-hybridized carbons (Fsp3) is 0.200. The van der Waals surface area contributed by atoms with Gasteiger partial charge in [0.2, 0.25) is 11.8 Å². The zero-order valence-electron chi connectivity index (χ0n) is 8.06. The van der Waals surface area contributed by atoms with Crippen LogP contribution in [0, 0.1) is 0 Å². The first kappa shape index (κ1) is 11.2. The molecule has 0 saturated carbocycles. The first-order chi connectivity index (χ1) is 7.22. The highest BCUT2D eigenvalue weighted by Crippen LogP contribution is 2.05. The minimum Gasteiger partial charge on any atom is -0.326 e. The zero-order chi connectivity index (χ0) is 11.1. The molecule has 0 spiro atoms. The van der Waals surface area contributed by atoms with E-state index in [2.05, 4.69) is 5.32 Å². The predicted octanol–water partition coefficient (Wildman–Crippen LogP) is 0.911. The van der Waals surface area contributed by atoms with Crippen molar-refractivity contribution in [3.63, 3.8) is 0 Å². The summed E-state index contributed by atoms with van der Waals surface area (Å²) in [6, 6.07) is 8.95. The first-order valence-corrected chi connectivity index (χ1v) is 4.50. The Kier molecular flexibility index (Phi) is 4.30. The van der Waals surface area contributed by atoms with E-state index in [1.165, 1.54) is 5.48 Å². The molecule has 0 aliphatic carbocycles. The van der Waals surface area contributed by atoms with Gasteiger partial charge in [-0.05, 0) is 12.1 Å². The Morgan fingerprint density at radius 1 is 1.07 bits per heavy atom. The Bertz CT molecular complexity index is 338. The van der Waals surface area contributed by atoms with Crippen LogP contribution in [0.4, 0.5) is 5.69 Å². The summed E-state index contributed by atoms with van der Waals surface area (Å²) in [4.78, 5) is 21.9. The van der Waals surface area contributed by atoms with Gasteiger partial charge in [0, 0.05) is 18.5 Å². The van der Waals surface area contributed by atoms with Crippen LogP contribution in [0.5, 0.6) is 0 Å². The molecule has 0 bridgehead atoms. The average Bonchev–Trinajstić information content (AvgIpc) is 2.27. The van der Waals surface area contributed by atoms with E-state index in [1.807, 2.05) is 6.07 Å². The number of hydrogen-bond acceptors (Lipinski definition) is 3. The SMILES string of the molecule is O=C(CCC(=O)Nc1ccccc1)NO. The molecule has 5 nitrogen and oxygen atoms in total. The summed E-state index contributed by atoms with van der Waals surface area (Å²) in [6.45, 7) is 0. The van der Waals surface area contributed by atoms with Crippen LogP contribution in [0.25, 0.3) is 0 Å². The fourth-order valence-electron chi connectivity index (χ4n) is 1.03. The molecule has 0 heterocycles. The van der Waals surface area contributed by atoms with Crippen LogP contribution in [0.1, 0.15) is 12.8 Å². The van der Waals surface area contributed by atoms with Crippen molar-refractivity contribution in [1.29, 1.82) is 0 Å². The summed E-state index contributed by atoms with van der Waals surface area (Å²) in [7, 11) is 0. The van der Waals surface area contributed by atoms with E-state index in [0.717, 1.165) is 0 Å². The third-order valence-electron chi connectivity index (χ3n) is 1.76. The highest BCUT2D eigenvalue weighted by molar-refractivity contribution is 5.92. The number of hydroxylamine groups is 1. The number of hydrogen-bond donors (Lipinski definition) is 3. The van der Waals surface area contributed by atoms with Gasteiger partial charge in [-0.25, -0.2) is 5.48 Å². The molecule has 0 aliphatic rings. The van der Waals surface area contributed by atoms with Crippen molar-refractivity contribution in [2.24, 2.45) is 0 Å². The third kappa shape index (κ3) is 4.24. The second-order valence-electron chi connectivity index (χ2n) is 2.95. The normalized spacial score (nSPS) is 9.40. The van der Waals surface area contributed by atoms with E-state index in [4.69, 9.17) is 5.21 Å². The van der Waals surface area contributed by atoms with Crippen LogP contribution in [-0.2, 0) is 9.59 Å².